The number of nitrogen functional groups attached to an aromatic ring is 1. The molecule has 0 saturated heterocycles. The first-order valence-corrected chi connectivity index (χ1v) is 8.16. The zero-order chi connectivity index (χ0) is 15.3. The Balaban J connectivity index is 1.90. The zero-order valence-electron chi connectivity index (χ0n) is 11.4. The van der Waals surface area contributed by atoms with Gasteiger partial charge in [-0.05, 0) is 41.8 Å². The smallest absolute Gasteiger partial charge is 0.215 e. The fourth-order valence-electron chi connectivity index (χ4n) is 2.00. The van der Waals surface area contributed by atoms with Crippen LogP contribution in [0.15, 0.2) is 48.5 Å². The Bertz CT molecular complexity index is 717. The Morgan fingerprint density at radius 1 is 1.05 bits per heavy atom. The molecular formula is C15H17FN2O2S. The van der Waals surface area contributed by atoms with E-state index in [-0.39, 0.29) is 18.1 Å². The summed E-state index contributed by atoms with van der Waals surface area (Å²) in [6.45, 7) is 0.230. The highest BCUT2D eigenvalue weighted by molar-refractivity contribution is 7.88. The van der Waals surface area contributed by atoms with Crippen LogP contribution in [0.3, 0.4) is 0 Å². The normalized spacial score (nSPS) is 11.5. The molecule has 0 radical (unpaired) electrons. The van der Waals surface area contributed by atoms with Crippen LogP contribution in [0.2, 0.25) is 0 Å². The van der Waals surface area contributed by atoms with Crippen LogP contribution >= 0.6 is 0 Å². The van der Waals surface area contributed by atoms with Crippen LogP contribution in [0.1, 0.15) is 11.1 Å². The maximum atomic E-state index is 13.0. The van der Waals surface area contributed by atoms with Gasteiger partial charge in [0.15, 0.2) is 0 Å². The maximum absolute atomic E-state index is 13.0. The third kappa shape index (κ3) is 5.17. The summed E-state index contributed by atoms with van der Waals surface area (Å²) in [6.07, 6.45) is 0.438. The van der Waals surface area contributed by atoms with Crippen molar-refractivity contribution < 1.29 is 12.8 Å². The molecule has 0 aliphatic heterocycles. The Hall–Kier alpha value is -1.92. The molecule has 0 spiro atoms. The van der Waals surface area contributed by atoms with E-state index in [1.165, 1.54) is 12.1 Å². The van der Waals surface area contributed by atoms with Gasteiger partial charge in [0.2, 0.25) is 10.0 Å². The van der Waals surface area contributed by atoms with Crippen LogP contribution in [0.25, 0.3) is 0 Å². The molecule has 0 bridgehead atoms. The van der Waals surface area contributed by atoms with Gasteiger partial charge in [-0.25, -0.2) is 17.5 Å². The number of hydrogen-bond donors (Lipinski definition) is 2. The number of rotatable bonds is 6. The van der Waals surface area contributed by atoms with Gasteiger partial charge in [-0.1, -0.05) is 24.3 Å². The Morgan fingerprint density at radius 2 is 1.76 bits per heavy atom. The molecule has 0 fully saturated rings. The van der Waals surface area contributed by atoms with E-state index in [0.717, 1.165) is 5.56 Å². The summed E-state index contributed by atoms with van der Waals surface area (Å²) in [6, 6.07) is 12.9. The summed E-state index contributed by atoms with van der Waals surface area (Å²) >= 11 is 0. The summed E-state index contributed by atoms with van der Waals surface area (Å²) in [7, 11) is -3.43. The molecule has 0 saturated carbocycles. The van der Waals surface area contributed by atoms with Crippen LogP contribution in [-0.4, -0.2) is 15.0 Å². The van der Waals surface area contributed by atoms with Crippen molar-refractivity contribution in [2.45, 2.75) is 12.2 Å². The Morgan fingerprint density at radius 3 is 2.48 bits per heavy atom. The van der Waals surface area contributed by atoms with Gasteiger partial charge in [-0.3, -0.25) is 0 Å². The first-order chi connectivity index (χ1) is 9.94. The summed E-state index contributed by atoms with van der Waals surface area (Å²) in [5.74, 6) is -0.448. The van der Waals surface area contributed by atoms with Crippen molar-refractivity contribution in [3.63, 3.8) is 0 Å². The lowest BCUT2D eigenvalue weighted by Gasteiger charge is -2.07. The van der Waals surface area contributed by atoms with Gasteiger partial charge < -0.3 is 5.73 Å². The van der Waals surface area contributed by atoms with Gasteiger partial charge in [0.1, 0.15) is 5.82 Å². The fourth-order valence-corrected chi connectivity index (χ4v) is 3.13. The molecule has 0 atom stereocenters. The predicted octanol–water partition coefficient (Wildman–Crippen LogP) is 2.07. The standard InChI is InChI=1S/C15H17FN2O2S/c16-14-5-1-3-12(9-14)7-8-18-21(19,20)11-13-4-2-6-15(17)10-13/h1-6,9-10,18H,7-8,11,17H2. The molecule has 2 aromatic carbocycles. The largest absolute Gasteiger partial charge is 0.399 e. The average Bonchev–Trinajstić information content (AvgIpc) is 2.38. The molecule has 0 amide bonds. The quantitative estimate of drug-likeness (QED) is 0.802. The lowest BCUT2D eigenvalue weighted by atomic mass is 10.1. The Kier molecular flexibility index (Phi) is 4.93. The van der Waals surface area contributed by atoms with Gasteiger partial charge in [0, 0.05) is 12.2 Å². The second-order valence-corrected chi connectivity index (χ2v) is 6.59. The fraction of sp³-hybridized carbons (Fsp3) is 0.200. The minimum Gasteiger partial charge on any atom is -0.399 e. The molecule has 6 heteroatoms. The van der Waals surface area contributed by atoms with E-state index in [9.17, 15) is 12.8 Å². The first-order valence-electron chi connectivity index (χ1n) is 6.51. The SMILES string of the molecule is Nc1cccc(CS(=O)(=O)NCCc2cccc(F)c2)c1. The van der Waals surface area contributed by atoms with Crippen LogP contribution in [0.4, 0.5) is 10.1 Å². The number of benzene rings is 2. The number of halogens is 1. The summed E-state index contributed by atoms with van der Waals surface area (Å²) in [5, 5.41) is 0. The number of hydrogen-bond acceptors (Lipinski definition) is 3. The predicted molar refractivity (Wildman–Crippen MR) is 81.6 cm³/mol. The minimum atomic E-state index is -3.43. The van der Waals surface area contributed by atoms with Crippen LogP contribution in [0, 0.1) is 5.82 Å². The molecule has 112 valence electrons. The number of nitrogens with one attached hydrogen (secondary N) is 1. The second kappa shape index (κ2) is 6.69. The number of anilines is 1. The van der Waals surface area contributed by atoms with Crippen molar-refractivity contribution in [3.05, 3.63) is 65.5 Å². The molecular weight excluding hydrogens is 291 g/mol. The first kappa shape index (κ1) is 15.5. The Labute approximate surface area is 123 Å². The van der Waals surface area contributed by atoms with Gasteiger partial charge in [-0.15, -0.1) is 0 Å². The monoisotopic (exact) mass is 308 g/mol. The molecule has 0 aliphatic carbocycles. The molecule has 0 aromatic heterocycles. The van der Waals surface area contributed by atoms with Gasteiger partial charge >= 0.3 is 0 Å². The van der Waals surface area contributed by atoms with E-state index in [1.807, 2.05) is 0 Å². The van der Waals surface area contributed by atoms with E-state index in [0.29, 0.717) is 17.7 Å². The molecule has 21 heavy (non-hydrogen) atoms. The zero-order valence-corrected chi connectivity index (χ0v) is 12.2. The van der Waals surface area contributed by atoms with Gasteiger partial charge in [0.25, 0.3) is 0 Å². The highest BCUT2D eigenvalue weighted by atomic mass is 32.2. The van der Waals surface area contributed by atoms with Gasteiger partial charge in [0.05, 0.1) is 5.75 Å². The average molecular weight is 308 g/mol. The number of sulfonamides is 1. The van der Waals surface area contributed by atoms with Crippen molar-refractivity contribution >= 4 is 15.7 Å². The second-order valence-electron chi connectivity index (χ2n) is 4.78. The number of nitrogens with two attached hydrogens (primary N) is 1. The molecule has 4 nitrogen and oxygen atoms in total. The van der Waals surface area contributed by atoms with Crippen molar-refractivity contribution in [3.8, 4) is 0 Å². The van der Waals surface area contributed by atoms with Crippen molar-refractivity contribution in [1.29, 1.82) is 0 Å². The highest BCUT2D eigenvalue weighted by Gasteiger charge is 2.11. The molecule has 2 aromatic rings. The van der Waals surface area contributed by atoms with E-state index >= 15 is 0 Å². The molecule has 0 unspecified atom stereocenters. The van der Waals surface area contributed by atoms with E-state index in [1.54, 1.807) is 36.4 Å². The van der Waals surface area contributed by atoms with Crippen LogP contribution in [0.5, 0.6) is 0 Å². The highest BCUT2D eigenvalue weighted by Crippen LogP contribution is 2.10. The molecule has 0 aliphatic rings. The minimum absolute atomic E-state index is 0.124. The summed E-state index contributed by atoms with van der Waals surface area (Å²) < 4.78 is 39.4. The summed E-state index contributed by atoms with van der Waals surface area (Å²) in [5.41, 5.74) is 7.53. The van der Waals surface area contributed by atoms with E-state index in [4.69, 9.17) is 5.73 Å². The van der Waals surface area contributed by atoms with Crippen LogP contribution in [-0.2, 0) is 22.2 Å². The molecule has 0 heterocycles. The lowest BCUT2D eigenvalue weighted by Crippen LogP contribution is -2.27. The molecule has 3 N–H and O–H groups in total. The third-order valence-corrected chi connectivity index (χ3v) is 4.29. The summed E-state index contributed by atoms with van der Waals surface area (Å²) in [4.78, 5) is 0. The lowest BCUT2D eigenvalue weighted by molar-refractivity contribution is 0.580. The van der Waals surface area contributed by atoms with E-state index < -0.39 is 10.0 Å². The third-order valence-electron chi connectivity index (χ3n) is 2.93. The van der Waals surface area contributed by atoms with Crippen molar-refractivity contribution in [1.82, 2.24) is 4.72 Å². The van der Waals surface area contributed by atoms with E-state index in [2.05, 4.69) is 4.72 Å². The maximum Gasteiger partial charge on any atom is 0.215 e. The van der Waals surface area contributed by atoms with Crippen LogP contribution < -0.4 is 10.5 Å². The molecule has 2 rings (SSSR count). The van der Waals surface area contributed by atoms with Crippen molar-refractivity contribution in [2.75, 3.05) is 12.3 Å². The topological polar surface area (TPSA) is 72.2 Å². The van der Waals surface area contributed by atoms with Crippen molar-refractivity contribution in [2.24, 2.45) is 0 Å². The van der Waals surface area contributed by atoms with Gasteiger partial charge in [-0.2, -0.15) is 0 Å².